The Hall–Kier alpha value is -3.62. The molecule has 2 amide bonds. The molecule has 138 valence electrons. The molecule has 0 bridgehead atoms. The third-order valence-corrected chi connectivity index (χ3v) is 4.44. The minimum absolute atomic E-state index is 0.343. The van der Waals surface area contributed by atoms with Crippen LogP contribution in [0.3, 0.4) is 0 Å². The second kappa shape index (κ2) is 6.60. The van der Waals surface area contributed by atoms with Crippen LogP contribution in [0.4, 0.5) is 22.1 Å². The number of ether oxygens (including phenoxy) is 1. The van der Waals surface area contributed by atoms with Crippen LogP contribution in [0.1, 0.15) is 5.56 Å². The topological polar surface area (TPSA) is 127 Å². The van der Waals surface area contributed by atoms with E-state index >= 15 is 0 Å². The van der Waals surface area contributed by atoms with Crippen molar-refractivity contribution >= 4 is 34.1 Å². The Morgan fingerprint density at radius 2 is 2.15 bits per heavy atom. The van der Waals surface area contributed by atoms with E-state index in [0.717, 1.165) is 28.7 Å². The number of rotatable bonds is 2. The molecule has 3 aromatic rings. The molecule has 0 aromatic carbocycles. The standard InChI is InChI=1S/C18H19N7O2/c1-9-11(7-23-17-15(9)21-3-4-27-17)13-5-10-6-14(25-18(26)20-2)22-8-12(10)16(19)24-13/h5-8,21H,3-4H2,1-2H3,(H2,19,24)(H2,20,22,25,26). The molecule has 0 unspecified atom stereocenters. The van der Waals surface area contributed by atoms with Crippen LogP contribution >= 0.6 is 0 Å². The van der Waals surface area contributed by atoms with Crippen molar-refractivity contribution in [3.63, 3.8) is 0 Å². The first kappa shape index (κ1) is 16.8. The van der Waals surface area contributed by atoms with Crippen molar-refractivity contribution in [1.29, 1.82) is 0 Å². The lowest BCUT2D eigenvalue weighted by atomic mass is 10.0. The molecule has 0 atom stereocenters. The van der Waals surface area contributed by atoms with Crippen LogP contribution in [-0.4, -0.2) is 41.2 Å². The van der Waals surface area contributed by atoms with E-state index in [9.17, 15) is 4.79 Å². The number of hydrogen-bond donors (Lipinski definition) is 4. The summed E-state index contributed by atoms with van der Waals surface area (Å²) in [5, 5.41) is 10.00. The van der Waals surface area contributed by atoms with Crippen molar-refractivity contribution in [2.75, 3.05) is 36.6 Å². The molecule has 1 aliphatic heterocycles. The highest BCUT2D eigenvalue weighted by atomic mass is 16.5. The zero-order chi connectivity index (χ0) is 19.0. The molecule has 3 aromatic heterocycles. The number of anilines is 3. The maximum absolute atomic E-state index is 11.5. The molecule has 0 saturated carbocycles. The monoisotopic (exact) mass is 365 g/mol. The molecule has 0 spiro atoms. The number of fused-ring (bicyclic) bond motifs is 2. The van der Waals surface area contributed by atoms with Gasteiger partial charge in [-0.2, -0.15) is 0 Å². The maximum atomic E-state index is 11.5. The molecule has 0 radical (unpaired) electrons. The van der Waals surface area contributed by atoms with Crippen LogP contribution in [0.15, 0.2) is 24.5 Å². The predicted octanol–water partition coefficient (Wildman–Crippen LogP) is 2.14. The molecule has 5 N–H and O–H groups in total. The average Bonchev–Trinajstić information content (AvgIpc) is 2.68. The molecule has 9 nitrogen and oxygen atoms in total. The Morgan fingerprint density at radius 3 is 2.96 bits per heavy atom. The summed E-state index contributed by atoms with van der Waals surface area (Å²) in [4.78, 5) is 24.6. The van der Waals surface area contributed by atoms with Crippen molar-refractivity contribution in [2.24, 2.45) is 0 Å². The van der Waals surface area contributed by atoms with Crippen LogP contribution < -0.4 is 26.4 Å². The first-order valence-electron chi connectivity index (χ1n) is 8.48. The van der Waals surface area contributed by atoms with E-state index < -0.39 is 0 Å². The minimum atomic E-state index is -0.343. The Labute approximate surface area is 155 Å². The molecule has 27 heavy (non-hydrogen) atoms. The molecular weight excluding hydrogens is 346 g/mol. The summed E-state index contributed by atoms with van der Waals surface area (Å²) in [6.07, 6.45) is 3.33. The van der Waals surface area contributed by atoms with E-state index in [-0.39, 0.29) is 6.03 Å². The van der Waals surface area contributed by atoms with Gasteiger partial charge in [-0.3, -0.25) is 5.32 Å². The Kier molecular flexibility index (Phi) is 4.11. The smallest absolute Gasteiger partial charge is 0.320 e. The number of hydrogen-bond acceptors (Lipinski definition) is 7. The lowest BCUT2D eigenvalue weighted by molar-refractivity contribution is 0.254. The van der Waals surface area contributed by atoms with E-state index in [1.165, 1.54) is 0 Å². The highest BCUT2D eigenvalue weighted by Crippen LogP contribution is 2.36. The fourth-order valence-electron chi connectivity index (χ4n) is 3.04. The van der Waals surface area contributed by atoms with Crippen molar-refractivity contribution in [1.82, 2.24) is 20.3 Å². The SMILES string of the molecule is CNC(=O)Nc1cc2cc(-c3cnc4c(c3C)NCCO4)nc(N)c2cn1. The third kappa shape index (κ3) is 3.03. The van der Waals surface area contributed by atoms with Crippen molar-refractivity contribution in [2.45, 2.75) is 6.92 Å². The molecule has 0 saturated heterocycles. The lowest BCUT2D eigenvalue weighted by Crippen LogP contribution is -2.24. The van der Waals surface area contributed by atoms with Crippen molar-refractivity contribution < 1.29 is 9.53 Å². The summed E-state index contributed by atoms with van der Waals surface area (Å²) in [5.41, 5.74) is 9.56. The molecule has 0 aliphatic carbocycles. The van der Waals surface area contributed by atoms with Crippen LogP contribution in [0, 0.1) is 6.92 Å². The fraction of sp³-hybridized carbons (Fsp3) is 0.222. The van der Waals surface area contributed by atoms with E-state index in [1.54, 1.807) is 25.5 Å². The fourth-order valence-corrected chi connectivity index (χ4v) is 3.04. The predicted molar refractivity (Wildman–Crippen MR) is 104 cm³/mol. The van der Waals surface area contributed by atoms with E-state index in [2.05, 4.69) is 30.9 Å². The summed E-state index contributed by atoms with van der Waals surface area (Å²) < 4.78 is 5.58. The number of amides is 2. The second-order valence-electron chi connectivity index (χ2n) is 6.14. The van der Waals surface area contributed by atoms with Gasteiger partial charge in [-0.05, 0) is 30.0 Å². The van der Waals surface area contributed by atoms with Gasteiger partial charge in [-0.15, -0.1) is 0 Å². The first-order valence-corrected chi connectivity index (χ1v) is 8.48. The maximum Gasteiger partial charge on any atom is 0.320 e. The van der Waals surface area contributed by atoms with Gasteiger partial charge in [0.05, 0.1) is 5.69 Å². The van der Waals surface area contributed by atoms with Gasteiger partial charge >= 0.3 is 6.03 Å². The summed E-state index contributed by atoms with van der Waals surface area (Å²) in [6.45, 7) is 3.31. The van der Waals surface area contributed by atoms with Gasteiger partial charge < -0.3 is 21.1 Å². The van der Waals surface area contributed by atoms with Gasteiger partial charge in [0.2, 0.25) is 5.88 Å². The van der Waals surface area contributed by atoms with E-state index in [4.69, 9.17) is 10.5 Å². The summed E-state index contributed by atoms with van der Waals surface area (Å²) in [7, 11) is 1.54. The molecule has 0 fully saturated rings. The Bertz CT molecular complexity index is 1050. The molecule has 4 rings (SSSR count). The highest BCUT2D eigenvalue weighted by molar-refractivity contribution is 5.97. The lowest BCUT2D eigenvalue weighted by Gasteiger charge is -2.21. The normalized spacial score (nSPS) is 12.7. The molecular formula is C18H19N7O2. The zero-order valence-corrected chi connectivity index (χ0v) is 15.0. The minimum Gasteiger partial charge on any atom is -0.474 e. The van der Waals surface area contributed by atoms with Crippen LogP contribution in [-0.2, 0) is 0 Å². The van der Waals surface area contributed by atoms with Crippen molar-refractivity contribution in [3.8, 4) is 17.1 Å². The summed E-state index contributed by atoms with van der Waals surface area (Å²) in [5.74, 6) is 1.38. The quantitative estimate of drug-likeness (QED) is 0.548. The number of carbonyl (C=O) groups is 1. The van der Waals surface area contributed by atoms with Gasteiger partial charge in [0.1, 0.15) is 23.9 Å². The third-order valence-electron chi connectivity index (χ3n) is 4.44. The number of nitrogens with one attached hydrogen (secondary N) is 3. The van der Waals surface area contributed by atoms with E-state index in [1.807, 2.05) is 13.0 Å². The number of aromatic nitrogens is 3. The van der Waals surface area contributed by atoms with Gasteiger partial charge in [0, 0.05) is 36.9 Å². The van der Waals surface area contributed by atoms with Crippen LogP contribution in [0.2, 0.25) is 0 Å². The molecule has 1 aliphatic rings. The number of urea groups is 1. The average molecular weight is 365 g/mol. The number of carbonyl (C=O) groups excluding carboxylic acids is 1. The first-order chi connectivity index (χ1) is 13.1. The van der Waals surface area contributed by atoms with Crippen LogP contribution in [0.5, 0.6) is 5.88 Å². The second-order valence-corrected chi connectivity index (χ2v) is 6.14. The number of pyridine rings is 3. The number of nitrogen functional groups attached to an aromatic ring is 1. The van der Waals surface area contributed by atoms with Gasteiger partial charge in [0.25, 0.3) is 0 Å². The number of nitrogens with two attached hydrogens (primary N) is 1. The Balaban J connectivity index is 1.81. The zero-order valence-electron chi connectivity index (χ0n) is 15.0. The summed E-state index contributed by atoms with van der Waals surface area (Å²) >= 11 is 0. The highest BCUT2D eigenvalue weighted by Gasteiger charge is 2.18. The van der Waals surface area contributed by atoms with Crippen molar-refractivity contribution in [3.05, 3.63) is 30.1 Å². The van der Waals surface area contributed by atoms with E-state index in [0.29, 0.717) is 35.2 Å². The Morgan fingerprint density at radius 1 is 1.30 bits per heavy atom. The van der Waals surface area contributed by atoms with Crippen LogP contribution in [0.25, 0.3) is 22.0 Å². The summed E-state index contributed by atoms with van der Waals surface area (Å²) in [6, 6.07) is 3.32. The number of nitrogens with zero attached hydrogens (tertiary/aromatic N) is 3. The van der Waals surface area contributed by atoms with Gasteiger partial charge in [0.15, 0.2) is 0 Å². The molecule has 9 heteroatoms. The van der Waals surface area contributed by atoms with Gasteiger partial charge in [-0.25, -0.2) is 19.7 Å². The molecule has 4 heterocycles. The van der Waals surface area contributed by atoms with Gasteiger partial charge in [-0.1, -0.05) is 0 Å². The largest absolute Gasteiger partial charge is 0.474 e.